The Balaban J connectivity index is 1.80. The number of piperidine rings is 1. The second-order valence-electron chi connectivity index (χ2n) is 4.72. The smallest absolute Gasteiger partial charge is 0.238 e. The Labute approximate surface area is 122 Å². The van der Waals surface area contributed by atoms with Gasteiger partial charge in [-0.1, -0.05) is 0 Å². The van der Waals surface area contributed by atoms with Crippen LogP contribution in [0.4, 0.5) is 4.39 Å². The van der Waals surface area contributed by atoms with Crippen LogP contribution in [0.1, 0.15) is 12.8 Å². The number of amides is 1. The SMILES string of the molecule is O=C1NCCC[C@H]1NS(=O)(=O)CCOc1ccc(F)cc1. The lowest BCUT2D eigenvalue weighted by Gasteiger charge is -2.22. The lowest BCUT2D eigenvalue weighted by Crippen LogP contribution is -2.50. The lowest BCUT2D eigenvalue weighted by molar-refractivity contribution is -0.124. The fraction of sp³-hybridized carbons (Fsp3) is 0.462. The number of sulfonamides is 1. The van der Waals surface area contributed by atoms with Gasteiger partial charge in [0.05, 0.1) is 5.75 Å². The van der Waals surface area contributed by atoms with Gasteiger partial charge in [-0.25, -0.2) is 17.5 Å². The summed E-state index contributed by atoms with van der Waals surface area (Å²) in [6.07, 6.45) is 1.23. The molecule has 1 aromatic rings. The summed E-state index contributed by atoms with van der Waals surface area (Å²) in [5.41, 5.74) is 0. The fourth-order valence-electron chi connectivity index (χ4n) is 1.96. The van der Waals surface area contributed by atoms with Crippen molar-refractivity contribution in [2.75, 3.05) is 18.9 Å². The first kappa shape index (κ1) is 15.7. The van der Waals surface area contributed by atoms with Crippen LogP contribution in [0.15, 0.2) is 24.3 Å². The second kappa shape index (κ2) is 6.86. The van der Waals surface area contributed by atoms with Crippen LogP contribution in [-0.4, -0.2) is 39.3 Å². The lowest BCUT2D eigenvalue weighted by atomic mass is 10.1. The molecule has 2 N–H and O–H groups in total. The Bertz CT molecular complexity index is 589. The zero-order valence-corrected chi connectivity index (χ0v) is 12.2. The van der Waals surface area contributed by atoms with Crippen molar-refractivity contribution in [3.8, 4) is 5.75 Å². The quantitative estimate of drug-likeness (QED) is 0.796. The van der Waals surface area contributed by atoms with Gasteiger partial charge in [-0.05, 0) is 37.1 Å². The highest BCUT2D eigenvalue weighted by Crippen LogP contribution is 2.11. The predicted octanol–water partition coefficient (Wildman–Crippen LogP) is 0.402. The summed E-state index contributed by atoms with van der Waals surface area (Å²) >= 11 is 0. The van der Waals surface area contributed by atoms with Gasteiger partial charge < -0.3 is 10.1 Å². The van der Waals surface area contributed by atoms with E-state index in [4.69, 9.17) is 4.74 Å². The molecule has 1 heterocycles. The average molecular weight is 316 g/mol. The van der Waals surface area contributed by atoms with Gasteiger partial charge in [0, 0.05) is 6.54 Å². The number of nitrogens with one attached hydrogen (secondary N) is 2. The molecule has 6 nitrogen and oxygen atoms in total. The van der Waals surface area contributed by atoms with E-state index in [0.717, 1.165) is 6.42 Å². The first-order valence-electron chi connectivity index (χ1n) is 6.62. The first-order valence-corrected chi connectivity index (χ1v) is 8.27. The molecular formula is C13H17FN2O4S. The van der Waals surface area contributed by atoms with Crippen molar-refractivity contribution in [3.63, 3.8) is 0 Å². The normalized spacial score (nSPS) is 19.1. The van der Waals surface area contributed by atoms with Crippen LogP contribution in [0.3, 0.4) is 0 Å². The molecule has 1 amide bonds. The Hall–Kier alpha value is -1.67. The predicted molar refractivity (Wildman–Crippen MR) is 74.8 cm³/mol. The third-order valence-electron chi connectivity index (χ3n) is 3.04. The number of carbonyl (C=O) groups is 1. The summed E-state index contributed by atoms with van der Waals surface area (Å²) in [7, 11) is -3.60. The Morgan fingerprint density at radius 3 is 2.71 bits per heavy atom. The summed E-state index contributed by atoms with van der Waals surface area (Å²) in [6, 6.07) is 4.59. The van der Waals surface area contributed by atoms with E-state index in [1.807, 2.05) is 0 Å². The summed E-state index contributed by atoms with van der Waals surface area (Å²) in [4.78, 5) is 11.5. The van der Waals surface area contributed by atoms with E-state index in [0.29, 0.717) is 18.7 Å². The van der Waals surface area contributed by atoms with Crippen LogP contribution in [0, 0.1) is 5.82 Å². The number of rotatable bonds is 6. The number of halogens is 1. The highest BCUT2D eigenvalue weighted by Gasteiger charge is 2.26. The number of hydrogen-bond acceptors (Lipinski definition) is 4. The van der Waals surface area contributed by atoms with Crippen molar-refractivity contribution >= 4 is 15.9 Å². The van der Waals surface area contributed by atoms with Gasteiger partial charge in [0.25, 0.3) is 0 Å². The van der Waals surface area contributed by atoms with E-state index in [2.05, 4.69) is 10.0 Å². The number of carbonyl (C=O) groups excluding carboxylic acids is 1. The van der Waals surface area contributed by atoms with Gasteiger partial charge in [-0.2, -0.15) is 0 Å². The van der Waals surface area contributed by atoms with Crippen molar-refractivity contribution in [2.45, 2.75) is 18.9 Å². The molecule has 8 heteroatoms. The van der Waals surface area contributed by atoms with Crippen LogP contribution in [0.5, 0.6) is 5.75 Å². The molecule has 1 atom stereocenters. The van der Waals surface area contributed by atoms with Crippen LogP contribution >= 0.6 is 0 Å². The maximum absolute atomic E-state index is 12.7. The zero-order valence-electron chi connectivity index (χ0n) is 11.3. The standard InChI is InChI=1S/C13H17FN2O4S/c14-10-3-5-11(6-4-10)20-8-9-21(18,19)16-12-2-1-7-15-13(12)17/h3-6,12,16H,1-2,7-9H2,(H,15,17)/t12-/m1/s1. The van der Waals surface area contributed by atoms with E-state index in [1.165, 1.54) is 24.3 Å². The zero-order chi connectivity index (χ0) is 15.3. The molecule has 1 aliphatic rings. The summed E-state index contributed by atoms with van der Waals surface area (Å²) < 4.78 is 44.0. The molecule has 21 heavy (non-hydrogen) atoms. The summed E-state index contributed by atoms with van der Waals surface area (Å²) in [5.74, 6) is -0.569. The van der Waals surface area contributed by atoms with E-state index >= 15 is 0 Å². The Morgan fingerprint density at radius 2 is 2.05 bits per heavy atom. The van der Waals surface area contributed by atoms with Crippen LogP contribution < -0.4 is 14.8 Å². The molecule has 1 saturated heterocycles. The van der Waals surface area contributed by atoms with Gasteiger partial charge >= 0.3 is 0 Å². The number of hydrogen-bond donors (Lipinski definition) is 2. The van der Waals surface area contributed by atoms with Gasteiger partial charge in [-0.15, -0.1) is 0 Å². The van der Waals surface area contributed by atoms with E-state index in [1.54, 1.807) is 0 Å². The van der Waals surface area contributed by atoms with Gasteiger partial charge in [0.1, 0.15) is 24.2 Å². The fourth-order valence-corrected chi connectivity index (χ4v) is 3.04. The molecule has 1 aliphatic heterocycles. The number of ether oxygens (including phenoxy) is 1. The molecule has 0 aromatic heterocycles. The molecular weight excluding hydrogens is 299 g/mol. The summed E-state index contributed by atoms with van der Waals surface area (Å²) in [5, 5.41) is 2.61. The monoisotopic (exact) mass is 316 g/mol. The van der Waals surface area contributed by atoms with Gasteiger partial charge in [-0.3, -0.25) is 4.79 Å². The van der Waals surface area contributed by atoms with Crippen molar-refractivity contribution in [3.05, 3.63) is 30.1 Å². The van der Waals surface area contributed by atoms with Gasteiger partial charge in [0.15, 0.2) is 0 Å². The second-order valence-corrected chi connectivity index (χ2v) is 6.60. The molecule has 0 saturated carbocycles. The summed E-state index contributed by atoms with van der Waals surface area (Å²) in [6.45, 7) is 0.500. The Morgan fingerprint density at radius 1 is 1.33 bits per heavy atom. The third-order valence-corrected chi connectivity index (χ3v) is 4.39. The minimum absolute atomic E-state index is 0.0741. The average Bonchev–Trinajstić information content (AvgIpc) is 2.43. The highest BCUT2D eigenvalue weighted by atomic mass is 32.2. The molecule has 1 aromatic carbocycles. The van der Waals surface area contributed by atoms with Crippen molar-refractivity contribution in [2.24, 2.45) is 0 Å². The van der Waals surface area contributed by atoms with Gasteiger partial charge in [0.2, 0.25) is 15.9 Å². The topological polar surface area (TPSA) is 84.5 Å². The van der Waals surface area contributed by atoms with E-state index in [-0.39, 0.29) is 24.1 Å². The molecule has 1 fully saturated rings. The van der Waals surface area contributed by atoms with Crippen LogP contribution in [-0.2, 0) is 14.8 Å². The largest absolute Gasteiger partial charge is 0.492 e. The van der Waals surface area contributed by atoms with Crippen molar-refractivity contribution < 1.29 is 22.3 Å². The number of benzene rings is 1. The first-order chi connectivity index (χ1) is 9.96. The minimum atomic E-state index is -3.60. The van der Waals surface area contributed by atoms with E-state index < -0.39 is 16.1 Å². The van der Waals surface area contributed by atoms with Crippen LogP contribution in [0.25, 0.3) is 0 Å². The molecule has 0 aliphatic carbocycles. The molecule has 116 valence electrons. The maximum Gasteiger partial charge on any atom is 0.238 e. The van der Waals surface area contributed by atoms with Crippen molar-refractivity contribution in [1.29, 1.82) is 0 Å². The third kappa shape index (κ3) is 4.98. The van der Waals surface area contributed by atoms with Crippen LogP contribution in [0.2, 0.25) is 0 Å². The van der Waals surface area contributed by atoms with E-state index in [9.17, 15) is 17.6 Å². The molecule has 0 spiro atoms. The highest BCUT2D eigenvalue weighted by molar-refractivity contribution is 7.89. The Kier molecular flexibility index (Phi) is 5.13. The molecule has 0 unspecified atom stereocenters. The molecule has 2 rings (SSSR count). The maximum atomic E-state index is 12.7. The van der Waals surface area contributed by atoms with Crippen molar-refractivity contribution in [1.82, 2.24) is 10.0 Å². The minimum Gasteiger partial charge on any atom is -0.492 e. The molecule has 0 radical (unpaired) electrons. The molecule has 0 bridgehead atoms.